The van der Waals surface area contributed by atoms with Crippen molar-refractivity contribution in [3.63, 3.8) is 0 Å². The number of anilines is 3. The average molecular weight is 758 g/mol. The summed E-state index contributed by atoms with van der Waals surface area (Å²) >= 11 is 0. The largest absolute Gasteiger partial charge is 0.384 e. The summed E-state index contributed by atoms with van der Waals surface area (Å²) in [6.45, 7) is 0. The number of rotatable bonds is 10. The van der Waals surface area contributed by atoms with Gasteiger partial charge in [-0.1, -0.05) is 12.1 Å². The molecule has 0 bridgehead atoms. The van der Waals surface area contributed by atoms with Gasteiger partial charge in [0, 0.05) is 60.0 Å². The first-order valence-electron chi connectivity index (χ1n) is 17.5. The Balaban J connectivity index is 0.882. The molecule has 0 aliphatic heterocycles. The van der Waals surface area contributed by atoms with E-state index >= 15 is 0 Å². The maximum Gasteiger partial charge on any atom is 0.272 e. The maximum absolute atomic E-state index is 13.3. The lowest BCUT2D eigenvalue weighted by atomic mass is 10.1. The highest BCUT2D eigenvalue weighted by atomic mass is 16.2. The number of nitrogens with one attached hydrogen (secondary N) is 7. The second-order valence-electron chi connectivity index (χ2n) is 13.4. The van der Waals surface area contributed by atoms with Crippen LogP contribution in [0.4, 0.5) is 17.1 Å². The van der Waals surface area contributed by atoms with E-state index in [0.29, 0.717) is 51.1 Å². The molecule has 0 radical (unpaired) electrons. The number of amides is 3. The molecule has 4 heterocycles. The molecule has 57 heavy (non-hydrogen) atoms. The topological polar surface area (TPSA) is 254 Å². The molecule has 16 nitrogen and oxygen atoms in total. The number of nitrogens with zero attached hydrogens (tertiary/aromatic N) is 4. The number of aromatic nitrogens is 6. The highest BCUT2D eigenvalue weighted by Gasteiger charge is 2.18. The lowest BCUT2D eigenvalue weighted by molar-refractivity contribution is 0.101. The number of imidazole rings is 2. The molecule has 16 heteroatoms. The lowest BCUT2D eigenvalue weighted by Crippen LogP contribution is -2.15. The van der Waals surface area contributed by atoms with Crippen molar-refractivity contribution in [3.05, 3.63) is 138 Å². The van der Waals surface area contributed by atoms with Crippen molar-refractivity contribution in [1.29, 1.82) is 10.8 Å². The normalized spacial score (nSPS) is 11.1. The molecule has 0 saturated carbocycles. The smallest absolute Gasteiger partial charge is 0.272 e. The molecule has 0 atom stereocenters. The summed E-state index contributed by atoms with van der Waals surface area (Å²) in [5.41, 5.74) is 19.4. The van der Waals surface area contributed by atoms with Gasteiger partial charge in [-0.05, 0) is 84.9 Å². The Morgan fingerprint density at radius 2 is 0.947 bits per heavy atom. The standard InChI is InChI=1S/C41H35N13O3/c1-53-19-27(47-39(55)23-5-3-21(4-6-23)37-49-29-13-9-24(35(42)43)15-31(29)51-37)17-34(53)41(57)48-28-18-33(54(2)20-28)40(56)46-26-11-7-22(8-12-26)38-50-30-14-10-25(36(44)45)16-32(30)52-38/h3-20H,1-2H3,(H3,42,43)(H3,44,45)(H,46,56)(H,47,55)(H,48,57)(H,49,51)(H,50,52). The predicted molar refractivity (Wildman–Crippen MR) is 220 cm³/mol. The SMILES string of the molecule is Cn1cc(NC(=O)c2ccc(-c3nc4ccc(C(=N)N)cc4[nH]3)cc2)cc1C(=O)Nc1cc(C(=O)Nc2ccc(-c3nc4ccc(C(=N)N)cc4[nH]3)cc2)n(C)c1. The Bertz CT molecular complexity index is 2910. The van der Waals surface area contributed by atoms with Gasteiger partial charge < -0.3 is 46.5 Å². The van der Waals surface area contributed by atoms with Crippen LogP contribution in [0.5, 0.6) is 0 Å². The zero-order valence-electron chi connectivity index (χ0n) is 30.6. The third-order valence-electron chi connectivity index (χ3n) is 9.41. The van der Waals surface area contributed by atoms with Gasteiger partial charge in [0.05, 0.1) is 33.4 Å². The highest BCUT2D eigenvalue weighted by molar-refractivity contribution is 6.09. The Hall–Kier alpha value is -8.27. The number of aryl methyl sites for hydroxylation is 2. The molecule has 11 N–H and O–H groups in total. The summed E-state index contributed by atoms with van der Waals surface area (Å²) in [4.78, 5) is 55.4. The van der Waals surface area contributed by atoms with Gasteiger partial charge in [0.25, 0.3) is 17.7 Å². The van der Waals surface area contributed by atoms with Crippen LogP contribution in [-0.4, -0.2) is 58.5 Å². The fourth-order valence-electron chi connectivity index (χ4n) is 6.43. The number of amidine groups is 2. The number of benzene rings is 4. The first kappa shape index (κ1) is 35.7. The number of carbonyl (C=O) groups is 3. The highest BCUT2D eigenvalue weighted by Crippen LogP contribution is 2.25. The van der Waals surface area contributed by atoms with Crippen LogP contribution in [0.1, 0.15) is 42.5 Å². The van der Waals surface area contributed by atoms with Crippen molar-refractivity contribution in [3.8, 4) is 22.8 Å². The molecule has 0 saturated heterocycles. The minimum Gasteiger partial charge on any atom is -0.384 e. The Morgan fingerprint density at radius 1 is 0.544 bits per heavy atom. The van der Waals surface area contributed by atoms with E-state index in [1.165, 1.54) is 0 Å². The number of fused-ring (bicyclic) bond motifs is 2. The molecule has 0 aliphatic rings. The van der Waals surface area contributed by atoms with E-state index in [9.17, 15) is 14.4 Å². The van der Waals surface area contributed by atoms with Crippen LogP contribution in [0.25, 0.3) is 44.8 Å². The third kappa shape index (κ3) is 7.20. The van der Waals surface area contributed by atoms with Gasteiger partial charge >= 0.3 is 0 Å². The van der Waals surface area contributed by atoms with Crippen molar-refractivity contribution >= 4 is 68.5 Å². The first-order valence-corrected chi connectivity index (χ1v) is 17.5. The molecule has 0 aliphatic carbocycles. The minimum atomic E-state index is -0.431. The Kier molecular flexibility index (Phi) is 8.89. The number of nitrogen functional groups attached to an aromatic ring is 2. The van der Waals surface area contributed by atoms with Gasteiger partial charge in [-0.15, -0.1) is 0 Å². The van der Waals surface area contributed by atoms with Crippen molar-refractivity contribution in [2.45, 2.75) is 0 Å². The van der Waals surface area contributed by atoms with E-state index in [4.69, 9.17) is 22.3 Å². The van der Waals surface area contributed by atoms with Crippen LogP contribution in [0, 0.1) is 10.8 Å². The van der Waals surface area contributed by atoms with E-state index in [2.05, 4.69) is 35.9 Å². The number of H-pyrrole nitrogens is 2. The number of carbonyl (C=O) groups excluding carboxylic acids is 3. The molecule has 0 unspecified atom stereocenters. The lowest BCUT2D eigenvalue weighted by Gasteiger charge is -2.06. The van der Waals surface area contributed by atoms with Crippen LogP contribution < -0.4 is 27.4 Å². The van der Waals surface area contributed by atoms with Crippen LogP contribution in [0.2, 0.25) is 0 Å². The van der Waals surface area contributed by atoms with Crippen molar-refractivity contribution in [2.75, 3.05) is 16.0 Å². The number of aromatic amines is 2. The summed E-state index contributed by atoms with van der Waals surface area (Å²) < 4.78 is 3.21. The predicted octanol–water partition coefficient (Wildman–Crippen LogP) is 5.78. The molecule has 8 aromatic rings. The van der Waals surface area contributed by atoms with Gasteiger partial charge in [-0.25, -0.2) is 9.97 Å². The molecular weight excluding hydrogens is 723 g/mol. The summed E-state index contributed by atoms with van der Waals surface area (Å²) in [7, 11) is 3.40. The molecule has 3 amide bonds. The van der Waals surface area contributed by atoms with Crippen molar-refractivity contribution < 1.29 is 14.4 Å². The van der Waals surface area contributed by atoms with Gasteiger partial charge in [-0.3, -0.25) is 25.2 Å². The second-order valence-corrected chi connectivity index (χ2v) is 13.4. The summed E-state index contributed by atoms with van der Waals surface area (Å²) in [5.74, 6) is 0.0298. The number of nitrogens with two attached hydrogens (primary N) is 2. The molecular formula is C41H35N13O3. The van der Waals surface area contributed by atoms with E-state index in [0.717, 1.165) is 33.2 Å². The summed E-state index contributed by atoms with van der Waals surface area (Å²) in [6.07, 6.45) is 3.28. The van der Waals surface area contributed by atoms with Crippen LogP contribution in [0.3, 0.4) is 0 Å². The van der Waals surface area contributed by atoms with Gasteiger partial charge in [0.15, 0.2) is 0 Å². The summed E-state index contributed by atoms with van der Waals surface area (Å²) in [6, 6.07) is 27.9. The van der Waals surface area contributed by atoms with Gasteiger partial charge in [-0.2, -0.15) is 0 Å². The van der Waals surface area contributed by atoms with Crippen molar-refractivity contribution in [2.24, 2.45) is 25.6 Å². The minimum absolute atomic E-state index is 0.0252. The molecule has 4 aromatic carbocycles. The zero-order valence-corrected chi connectivity index (χ0v) is 30.6. The van der Waals surface area contributed by atoms with Crippen LogP contribution in [-0.2, 0) is 14.1 Å². The summed E-state index contributed by atoms with van der Waals surface area (Å²) in [5, 5.41) is 23.9. The quantitative estimate of drug-likeness (QED) is 0.0614. The molecule has 282 valence electrons. The zero-order chi connectivity index (χ0) is 40.0. The van der Waals surface area contributed by atoms with Crippen LogP contribution >= 0.6 is 0 Å². The van der Waals surface area contributed by atoms with E-state index in [-0.39, 0.29) is 29.2 Å². The molecule has 4 aromatic heterocycles. The van der Waals surface area contributed by atoms with E-state index in [1.807, 2.05) is 12.1 Å². The fourth-order valence-corrected chi connectivity index (χ4v) is 6.43. The third-order valence-corrected chi connectivity index (χ3v) is 9.41. The fraction of sp³-hybridized carbons (Fsp3) is 0.0488. The molecule has 8 rings (SSSR count). The monoisotopic (exact) mass is 757 g/mol. The van der Waals surface area contributed by atoms with E-state index < -0.39 is 5.91 Å². The molecule has 0 fully saturated rings. The maximum atomic E-state index is 13.3. The first-order chi connectivity index (χ1) is 27.4. The Labute approximate surface area is 324 Å². The Morgan fingerprint density at radius 3 is 1.40 bits per heavy atom. The number of hydrogen-bond acceptors (Lipinski definition) is 7. The van der Waals surface area contributed by atoms with Crippen molar-refractivity contribution in [1.82, 2.24) is 29.1 Å². The van der Waals surface area contributed by atoms with E-state index in [1.54, 1.807) is 121 Å². The van der Waals surface area contributed by atoms with Gasteiger partial charge in [0.1, 0.15) is 34.7 Å². The van der Waals surface area contributed by atoms with Crippen LogP contribution in [0.15, 0.2) is 109 Å². The average Bonchev–Trinajstić information content (AvgIpc) is 3.99. The van der Waals surface area contributed by atoms with Gasteiger partial charge in [0.2, 0.25) is 0 Å². The molecule has 0 spiro atoms. The number of hydrogen-bond donors (Lipinski definition) is 9. The second kappa shape index (κ2) is 14.2.